The topological polar surface area (TPSA) is 81.6 Å². The SMILES string of the molecule is N#CCNC(=O)c1cc[nH]n1. The fraction of sp³-hybridized carbons (Fsp3) is 0.167. The summed E-state index contributed by atoms with van der Waals surface area (Å²) in [7, 11) is 0. The van der Waals surface area contributed by atoms with Gasteiger partial charge in [0.2, 0.25) is 0 Å². The van der Waals surface area contributed by atoms with Gasteiger partial charge in [0.15, 0.2) is 0 Å². The first-order chi connectivity index (χ1) is 5.34. The van der Waals surface area contributed by atoms with Crippen LogP contribution in [0.15, 0.2) is 12.3 Å². The van der Waals surface area contributed by atoms with Gasteiger partial charge in [0, 0.05) is 6.20 Å². The van der Waals surface area contributed by atoms with E-state index in [2.05, 4.69) is 15.5 Å². The number of hydrogen-bond acceptors (Lipinski definition) is 3. The Morgan fingerprint density at radius 3 is 3.27 bits per heavy atom. The fourth-order valence-electron chi connectivity index (χ4n) is 0.597. The van der Waals surface area contributed by atoms with E-state index in [0.29, 0.717) is 5.69 Å². The monoisotopic (exact) mass is 150 g/mol. The van der Waals surface area contributed by atoms with Crippen LogP contribution in [-0.4, -0.2) is 22.6 Å². The van der Waals surface area contributed by atoms with Gasteiger partial charge in [-0.1, -0.05) is 0 Å². The van der Waals surface area contributed by atoms with Crippen molar-refractivity contribution >= 4 is 5.91 Å². The highest BCUT2D eigenvalue weighted by Crippen LogP contribution is 1.89. The highest BCUT2D eigenvalue weighted by molar-refractivity contribution is 5.92. The van der Waals surface area contributed by atoms with E-state index in [-0.39, 0.29) is 12.5 Å². The molecule has 0 saturated heterocycles. The minimum atomic E-state index is -0.340. The van der Waals surface area contributed by atoms with Crippen molar-refractivity contribution in [2.75, 3.05) is 6.54 Å². The Balaban J connectivity index is 2.51. The molecule has 0 unspecified atom stereocenters. The summed E-state index contributed by atoms with van der Waals surface area (Å²) in [5.41, 5.74) is 0.292. The number of H-pyrrole nitrogens is 1. The van der Waals surface area contributed by atoms with Crippen molar-refractivity contribution in [2.24, 2.45) is 0 Å². The van der Waals surface area contributed by atoms with Crippen molar-refractivity contribution in [1.29, 1.82) is 5.26 Å². The molecule has 0 aliphatic carbocycles. The Kier molecular flexibility index (Phi) is 2.23. The summed E-state index contributed by atoms with van der Waals surface area (Å²) in [5.74, 6) is -0.340. The van der Waals surface area contributed by atoms with Crippen molar-refractivity contribution in [3.05, 3.63) is 18.0 Å². The molecule has 0 atom stereocenters. The molecule has 0 aliphatic heterocycles. The molecule has 0 aromatic carbocycles. The number of amides is 1. The van der Waals surface area contributed by atoms with Crippen LogP contribution in [0.2, 0.25) is 0 Å². The Morgan fingerprint density at radius 1 is 1.91 bits per heavy atom. The van der Waals surface area contributed by atoms with Crippen LogP contribution in [0.25, 0.3) is 0 Å². The average molecular weight is 150 g/mol. The van der Waals surface area contributed by atoms with Crippen LogP contribution in [0.4, 0.5) is 0 Å². The third-order valence-electron chi connectivity index (χ3n) is 1.06. The normalized spacial score (nSPS) is 8.64. The molecule has 1 aromatic rings. The van der Waals surface area contributed by atoms with Gasteiger partial charge in [0.25, 0.3) is 5.91 Å². The van der Waals surface area contributed by atoms with Crippen molar-refractivity contribution in [2.45, 2.75) is 0 Å². The van der Waals surface area contributed by atoms with Gasteiger partial charge in [-0.15, -0.1) is 0 Å². The first-order valence-corrected chi connectivity index (χ1v) is 2.99. The largest absolute Gasteiger partial charge is 0.338 e. The molecule has 0 aliphatic rings. The lowest BCUT2D eigenvalue weighted by molar-refractivity contribution is 0.0953. The zero-order valence-electron chi connectivity index (χ0n) is 5.66. The molecule has 11 heavy (non-hydrogen) atoms. The second-order valence-electron chi connectivity index (χ2n) is 1.80. The quantitative estimate of drug-likeness (QED) is 0.566. The van der Waals surface area contributed by atoms with Crippen molar-refractivity contribution < 1.29 is 4.79 Å². The fourth-order valence-corrected chi connectivity index (χ4v) is 0.597. The minimum absolute atomic E-state index is 0.00565. The summed E-state index contributed by atoms with van der Waals surface area (Å²) in [6.45, 7) is 0.00565. The highest BCUT2D eigenvalue weighted by atomic mass is 16.1. The number of rotatable bonds is 2. The lowest BCUT2D eigenvalue weighted by atomic mass is 10.4. The van der Waals surface area contributed by atoms with Gasteiger partial charge >= 0.3 is 0 Å². The number of hydrogen-bond donors (Lipinski definition) is 2. The van der Waals surface area contributed by atoms with Crippen LogP contribution in [-0.2, 0) is 0 Å². The standard InChI is InChI=1S/C6H6N4O/c7-2-4-8-6(11)5-1-3-9-10-5/h1,3H,4H2,(H,8,11)(H,9,10). The molecule has 0 radical (unpaired) electrons. The molecule has 5 nitrogen and oxygen atoms in total. The number of nitriles is 1. The molecular weight excluding hydrogens is 144 g/mol. The molecule has 1 heterocycles. The number of carbonyl (C=O) groups is 1. The van der Waals surface area contributed by atoms with Crippen LogP contribution in [0.3, 0.4) is 0 Å². The third-order valence-corrected chi connectivity index (χ3v) is 1.06. The Labute approximate surface area is 63.0 Å². The zero-order chi connectivity index (χ0) is 8.10. The Hall–Kier alpha value is -1.83. The van der Waals surface area contributed by atoms with Gasteiger partial charge in [0.1, 0.15) is 12.2 Å². The van der Waals surface area contributed by atoms with Gasteiger partial charge in [-0.05, 0) is 6.07 Å². The molecule has 0 spiro atoms. The smallest absolute Gasteiger partial charge is 0.272 e. The Bertz CT molecular complexity index is 271. The van der Waals surface area contributed by atoms with E-state index in [1.165, 1.54) is 6.07 Å². The molecule has 5 heteroatoms. The van der Waals surface area contributed by atoms with E-state index in [1.54, 1.807) is 12.3 Å². The molecule has 1 rings (SSSR count). The Morgan fingerprint density at radius 2 is 2.73 bits per heavy atom. The van der Waals surface area contributed by atoms with Crippen molar-refractivity contribution in [3.63, 3.8) is 0 Å². The molecule has 2 N–H and O–H groups in total. The highest BCUT2D eigenvalue weighted by Gasteiger charge is 2.04. The van der Waals surface area contributed by atoms with E-state index < -0.39 is 0 Å². The lowest BCUT2D eigenvalue weighted by Crippen LogP contribution is -2.23. The third kappa shape index (κ3) is 1.79. The first-order valence-electron chi connectivity index (χ1n) is 2.99. The van der Waals surface area contributed by atoms with Crippen LogP contribution in [0.5, 0.6) is 0 Å². The molecule has 56 valence electrons. The van der Waals surface area contributed by atoms with E-state index >= 15 is 0 Å². The summed E-state index contributed by atoms with van der Waals surface area (Å²) in [4.78, 5) is 10.9. The molecule has 1 amide bonds. The summed E-state index contributed by atoms with van der Waals surface area (Å²) in [6.07, 6.45) is 1.54. The van der Waals surface area contributed by atoms with Gasteiger partial charge in [0.05, 0.1) is 6.07 Å². The minimum Gasteiger partial charge on any atom is -0.338 e. The maximum atomic E-state index is 10.9. The van der Waals surface area contributed by atoms with Crippen molar-refractivity contribution in [3.8, 4) is 6.07 Å². The summed E-state index contributed by atoms with van der Waals surface area (Å²) >= 11 is 0. The summed E-state index contributed by atoms with van der Waals surface area (Å²) < 4.78 is 0. The van der Waals surface area contributed by atoms with Gasteiger partial charge in [-0.3, -0.25) is 9.89 Å². The first kappa shape index (κ1) is 7.28. The number of nitrogens with one attached hydrogen (secondary N) is 2. The molecular formula is C6H6N4O. The van der Waals surface area contributed by atoms with Crippen LogP contribution < -0.4 is 5.32 Å². The maximum absolute atomic E-state index is 10.9. The molecule has 0 fully saturated rings. The van der Waals surface area contributed by atoms with E-state index in [0.717, 1.165) is 0 Å². The van der Waals surface area contributed by atoms with Crippen molar-refractivity contribution in [1.82, 2.24) is 15.5 Å². The van der Waals surface area contributed by atoms with Crippen LogP contribution in [0.1, 0.15) is 10.5 Å². The molecule has 1 aromatic heterocycles. The van der Waals surface area contributed by atoms with E-state index in [4.69, 9.17) is 5.26 Å². The van der Waals surface area contributed by atoms with E-state index in [9.17, 15) is 4.79 Å². The second-order valence-corrected chi connectivity index (χ2v) is 1.80. The summed E-state index contributed by atoms with van der Waals surface area (Å²) in [6, 6.07) is 3.33. The van der Waals surface area contributed by atoms with Crippen LogP contribution in [0, 0.1) is 11.3 Å². The second kappa shape index (κ2) is 3.37. The average Bonchev–Trinajstić information content (AvgIpc) is 2.52. The van der Waals surface area contributed by atoms with Crippen LogP contribution >= 0.6 is 0 Å². The maximum Gasteiger partial charge on any atom is 0.272 e. The number of aromatic nitrogens is 2. The number of nitrogens with zero attached hydrogens (tertiary/aromatic N) is 2. The lowest BCUT2D eigenvalue weighted by Gasteiger charge is -1.93. The van der Waals surface area contributed by atoms with Gasteiger partial charge < -0.3 is 5.32 Å². The predicted molar refractivity (Wildman–Crippen MR) is 36.5 cm³/mol. The summed E-state index contributed by atoms with van der Waals surface area (Å²) in [5, 5.41) is 16.6. The zero-order valence-corrected chi connectivity index (χ0v) is 5.66. The van der Waals surface area contributed by atoms with Gasteiger partial charge in [-0.25, -0.2) is 0 Å². The predicted octanol–water partition coefficient (Wildman–Crippen LogP) is -0.337. The number of aromatic amines is 1. The van der Waals surface area contributed by atoms with E-state index in [1.807, 2.05) is 0 Å². The molecule has 0 saturated carbocycles. The molecule has 0 bridgehead atoms. The van der Waals surface area contributed by atoms with Gasteiger partial charge in [-0.2, -0.15) is 10.4 Å². The number of carbonyl (C=O) groups excluding carboxylic acids is 1.